The van der Waals surface area contributed by atoms with Gasteiger partial charge in [-0.05, 0) is 54.4 Å². The Morgan fingerprint density at radius 1 is 1.17 bits per heavy atom. The molecule has 0 saturated heterocycles. The van der Waals surface area contributed by atoms with Gasteiger partial charge in [0, 0.05) is 17.1 Å². The fourth-order valence-electron chi connectivity index (χ4n) is 4.32. The molecule has 5 rings (SSSR count). The molecule has 0 fully saturated rings. The normalized spacial score (nSPS) is 12.5. The molecule has 9 heteroatoms. The highest BCUT2D eigenvalue weighted by molar-refractivity contribution is 6.31. The number of carbonyl (C=O) groups is 2. The number of amides is 1. The van der Waals surface area contributed by atoms with E-state index in [-0.39, 0.29) is 30.2 Å². The van der Waals surface area contributed by atoms with Gasteiger partial charge in [0.2, 0.25) is 0 Å². The monoisotopic (exact) mass is 489 g/mol. The summed E-state index contributed by atoms with van der Waals surface area (Å²) in [5, 5.41) is 12.9. The van der Waals surface area contributed by atoms with Gasteiger partial charge in [-0.2, -0.15) is 0 Å². The fraction of sp³-hybridized carbons (Fsp3) is 0.154. The van der Waals surface area contributed by atoms with Gasteiger partial charge in [0.1, 0.15) is 18.2 Å². The van der Waals surface area contributed by atoms with Crippen molar-refractivity contribution in [2.24, 2.45) is 0 Å². The molecule has 3 aromatic carbocycles. The third-order valence-electron chi connectivity index (χ3n) is 6.00. The van der Waals surface area contributed by atoms with Gasteiger partial charge in [-0.25, -0.2) is 9.78 Å². The van der Waals surface area contributed by atoms with E-state index in [4.69, 9.17) is 16.3 Å². The number of hydrogen-bond acceptors (Lipinski definition) is 5. The van der Waals surface area contributed by atoms with E-state index < -0.39 is 5.97 Å². The summed E-state index contributed by atoms with van der Waals surface area (Å²) in [6.45, 7) is 2.47. The van der Waals surface area contributed by atoms with Crippen LogP contribution < -0.4 is 15.6 Å². The van der Waals surface area contributed by atoms with Gasteiger partial charge in [0.25, 0.3) is 11.5 Å². The number of nitrogens with zero attached hydrogens (tertiary/aromatic N) is 2. The second-order valence-electron chi connectivity index (χ2n) is 8.17. The number of rotatable bonds is 6. The van der Waals surface area contributed by atoms with Gasteiger partial charge in [-0.15, -0.1) is 0 Å². The van der Waals surface area contributed by atoms with Crippen LogP contribution >= 0.6 is 11.6 Å². The van der Waals surface area contributed by atoms with Crippen LogP contribution in [0.25, 0.3) is 22.0 Å². The molecule has 0 saturated carbocycles. The molecular weight excluding hydrogens is 470 g/mol. The molecular formula is C26H20ClN3O5. The zero-order chi connectivity index (χ0) is 24.7. The Morgan fingerprint density at radius 3 is 2.80 bits per heavy atom. The number of aromatic carboxylic acids is 1. The molecule has 0 spiro atoms. The number of aromatic nitrogens is 2. The Balaban J connectivity index is 1.45. The van der Waals surface area contributed by atoms with Gasteiger partial charge in [0.15, 0.2) is 0 Å². The number of carboxylic acids is 1. The number of ether oxygens (including phenoxy) is 1. The van der Waals surface area contributed by atoms with Crippen LogP contribution in [0.4, 0.5) is 0 Å². The molecule has 2 N–H and O–H groups in total. The summed E-state index contributed by atoms with van der Waals surface area (Å²) in [5.41, 5.74) is 2.78. The van der Waals surface area contributed by atoms with Crippen LogP contribution in [0.15, 0.2) is 59.4 Å². The Bertz CT molecular complexity index is 1580. The van der Waals surface area contributed by atoms with Crippen LogP contribution in [-0.2, 0) is 13.1 Å². The van der Waals surface area contributed by atoms with Crippen molar-refractivity contribution in [2.45, 2.75) is 20.0 Å². The molecule has 2 heterocycles. The molecule has 176 valence electrons. The third kappa shape index (κ3) is 4.13. The quantitative estimate of drug-likeness (QED) is 0.423. The van der Waals surface area contributed by atoms with Crippen LogP contribution in [0.2, 0.25) is 5.02 Å². The predicted octanol–water partition coefficient (Wildman–Crippen LogP) is 4.05. The van der Waals surface area contributed by atoms with Crippen LogP contribution in [0.1, 0.15) is 32.1 Å². The van der Waals surface area contributed by atoms with E-state index in [1.54, 1.807) is 49.4 Å². The summed E-state index contributed by atoms with van der Waals surface area (Å²) in [6, 6.07) is 15.2. The summed E-state index contributed by atoms with van der Waals surface area (Å²) in [5.74, 6) is -0.299. The number of halogens is 1. The van der Waals surface area contributed by atoms with Gasteiger partial charge in [-0.1, -0.05) is 29.8 Å². The van der Waals surface area contributed by atoms with E-state index in [0.29, 0.717) is 50.7 Å². The highest BCUT2D eigenvalue weighted by Gasteiger charge is 2.25. The van der Waals surface area contributed by atoms with Crippen LogP contribution in [0.5, 0.6) is 5.75 Å². The Labute approximate surface area is 204 Å². The summed E-state index contributed by atoms with van der Waals surface area (Å²) in [4.78, 5) is 41.6. The van der Waals surface area contributed by atoms with E-state index in [1.807, 2.05) is 6.07 Å². The first-order valence-corrected chi connectivity index (χ1v) is 11.3. The first-order chi connectivity index (χ1) is 16.8. The summed E-state index contributed by atoms with van der Waals surface area (Å²) < 4.78 is 7.51. The van der Waals surface area contributed by atoms with Gasteiger partial charge in [0.05, 0.1) is 28.6 Å². The minimum Gasteiger partial charge on any atom is -0.491 e. The molecule has 1 aromatic heterocycles. The molecule has 35 heavy (non-hydrogen) atoms. The molecule has 0 radical (unpaired) electrons. The fourth-order valence-corrected chi connectivity index (χ4v) is 4.49. The Kier molecular flexibility index (Phi) is 5.74. The lowest BCUT2D eigenvalue weighted by molar-refractivity contribution is 0.0696. The van der Waals surface area contributed by atoms with Crippen molar-refractivity contribution >= 4 is 34.4 Å². The van der Waals surface area contributed by atoms with Gasteiger partial charge >= 0.3 is 5.97 Å². The molecule has 0 bridgehead atoms. The topological polar surface area (TPSA) is 111 Å². The van der Waals surface area contributed by atoms with Crippen LogP contribution in [0, 0.1) is 6.92 Å². The molecule has 4 aromatic rings. The van der Waals surface area contributed by atoms with E-state index in [2.05, 4.69) is 10.3 Å². The second-order valence-corrected chi connectivity index (χ2v) is 8.60. The number of carboxylic acid groups (broad SMARTS) is 1. The molecule has 1 aliphatic heterocycles. The van der Waals surface area contributed by atoms with Crippen molar-refractivity contribution in [2.75, 3.05) is 6.61 Å². The predicted molar refractivity (Wildman–Crippen MR) is 131 cm³/mol. The van der Waals surface area contributed by atoms with E-state index in [0.717, 1.165) is 5.56 Å². The molecule has 0 aliphatic carbocycles. The van der Waals surface area contributed by atoms with Gasteiger partial charge < -0.3 is 15.2 Å². The average molecular weight is 490 g/mol. The molecule has 8 nitrogen and oxygen atoms in total. The van der Waals surface area contributed by atoms with Crippen LogP contribution in [-0.4, -0.2) is 33.1 Å². The highest BCUT2D eigenvalue weighted by atomic mass is 35.5. The van der Waals surface area contributed by atoms with E-state index >= 15 is 0 Å². The first-order valence-electron chi connectivity index (χ1n) is 10.9. The largest absolute Gasteiger partial charge is 0.491 e. The lowest BCUT2D eigenvalue weighted by atomic mass is 10.0. The number of hydrogen-bond donors (Lipinski definition) is 2. The third-order valence-corrected chi connectivity index (χ3v) is 6.24. The maximum atomic E-state index is 13.3. The zero-order valence-corrected chi connectivity index (χ0v) is 19.4. The maximum absolute atomic E-state index is 13.3. The number of carbonyl (C=O) groups excluding carboxylic acids is 1. The number of aryl methyl sites for hydroxylation is 1. The SMILES string of the molecule is Cc1nc2ccc3c(c2c(=O)n1CCOc1ccc(Cl)cc1-c1cccc(C(=O)O)c1)C(=O)NC3. The summed E-state index contributed by atoms with van der Waals surface area (Å²) in [7, 11) is 0. The number of fused-ring (bicyclic) bond motifs is 3. The second kappa shape index (κ2) is 8.88. The van der Waals surface area contributed by atoms with E-state index in [9.17, 15) is 19.5 Å². The van der Waals surface area contributed by atoms with E-state index in [1.165, 1.54) is 10.6 Å². The Hall–Kier alpha value is -4.17. The van der Waals surface area contributed by atoms with Crippen molar-refractivity contribution in [1.82, 2.24) is 14.9 Å². The van der Waals surface area contributed by atoms with Crippen molar-refractivity contribution in [1.29, 1.82) is 0 Å². The van der Waals surface area contributed by atoms with Crippen molar-refractivity contribution < 1.29 is 19.4 Å². The highest BCUT2D eigenvalue weighted by Crippen LogP contribution is 2.33. The lowest BCUT2D eigenvalue weighted by Gasteiger charge is -2.15. The molecule has 1 aliphatic rings. The van der Waals surface area contributed by atoms with Crippen molar-refractivity contribution in [3.8, 4) is 16.9 Å². The number of benzene rings is 3. The summed E-state index contributed by atoms with van der Waals surface area (Å²) >= 11 is 6.20. The Morgan fingerprint density at radius 2 is 2.00 bits per heavy atom. The van der Waals surface area contributed by atoms with Crippen molar-refractivity contribution in [3.63, 3.8) is 0 Å². The lowest BCUT2D eigenvalue weighted by Crippen LogP contribution is -2.28. The minimum atomic E-state index is -1.03. The molecule has 1 amide bonds. The first kappa shape index (κ1) is 22.6. The molecule has 0 unspecified atom stereocenters. The molecule has 0 atom stereocenters. The summed E-state index contributed by atoms with van der Waals surface area (Å²) in [6.07, 6.45) is 0. The van der Waals surface area contributed by atoms with Gasteiger partial charge in [-0.3, -0.25) is 14.2 Å². The van der Waals surface area contributed by atoms with Crippen molar-refractivity contribution in [3.05, 3.63) is 92.5 Å². The smallest absolute Gasteiger partial charge is 0.335 e. The number of nitrogens with one attached hydrogen (secondary N) is 1. The standard InChI is InChI=1S/C26H20ClN3O5/c1-14-29-20-7-5-17-13-28-24(31)22(17)23(20)25(32)30(14)9-10-35-21-8-6-18(27)12-19(21)15-3-2-4-16(11-15)26(33)34/h2-8,11-12H,9-10,13H2,1H3,(H,28,31)(H,33,34). The van der Waals surface area contributed by atoms with Crippen LogP contribution in [0.3, 0.4) is 0 Å². The minimum absolute atomic E-state index is 0.141. The zero-order valence-electron chi connectivity index (χ0n) is 18.7. The maximum Gasteiger partial charge on any atom is 0.335 e. The average Bonchev–Trinajstić information content (AvgIpc) is 3.22.